The molecule has 0 saturated carbocycles. The van der Waals surface area contributed by atoms with Crippen LogP contribution in [0, 0.1) is 0 Å². The summed E-state index contributed by atoms with van der Waals surface area (Å²) in [6.07, 6.45) is 6.20. The van der Waals surface area contributed by atoms with Gasteiger partial charge in [-0.15, -0.1) is 0 Å². The van der Waals surface area contributed by atoms with E-state index in [1.807, 2.05) is 25.4 Å². The third-order valence-electron chi connectivity index (χ3n) is 4.88. The Morgan fingerprint density at radius 1 is 1.38 bits per heavy atom. The van der Waals surface area contributed by atoms with Gasteiger partial charge in [-0.2, -0.15) is 0 Å². The Morgan fingerprint density at radius 2 is 2.21 bits per heavy atom. The summed E-state index contributed by atoms with van der Waals surface area (Å²) in [6, 6.07) is 6.32. The van der Waals surface area contributed by atoms with Crippen LogP contribution in [0.15, 0.2) is 24.4 Å². The molecular weight excluding hydrogens is 304 g/mol. The zero-order chi connectivity index (χ0) is 16.8. The van der Waals surface area contributed by atoms with E-state index in [4.69, 9.17) is 4.74 Å². The van der Waals surface area contributed by atoms with Gasteiger partial charge in [0.1, 0.15) is 0 Å². The Bertz CT molecular complexity index is 511. The van der Waals surface area contributed by atoms with Crippen LogP contribution in [0.2, 0.25) is 0 Å². The van der Waals surface area contributed by atoms with Gasteiger partial charge in [-0.05, 0) is 37.8 Å². The highest BCUT2D eigenvalue weighted by Crippen LogP contribution is 2.15. The molecule has 1 N–H and O–H groups in total. The van der Waals surface area contributed by atoms with Crippen molar-refractivity contribution in [3.8, 4) is 0 Å². The molecule has 2 aliphatic rings. The van der Waals surface area contributed by atoms with Gasteiger partial charge in [0, 0.05) is 52.1 Å². The van der Waals surface area contributed by atoms with Crippen LogP contribution in [0.3, 0.4) is 0 Å². The molecule has 1 atom stereocenters. The molecule has 0 radical (unpaired) electrons. The van der Waals surface area contributed by atoms with Crippen LogP contribution in [-0.2, 0) is 11.3 Å². The molecule has 3 heterocycles. The van der Waals surface area contributed by atoms with Crippen molar-refractivity contribution in [2.75, 3.05) is 33.3 Å². The number of nitrogens with one attached hydrogen (secondary N) is 1. The van der Waals surface area contributed by atoms with E-state index >= 15 is 0 Å². The summed E-state index contributed by atoms with van der Waals surface area (Å²) in [6.45, 7) is 4.40. The first-order chi connectivity index (χ1) is 11.7. The fourth-order valence-electron chi connectivity index (χ4n) is 3.42. The van der Waals surface area contributed by atoms with Gasteiger partial charge in [0.25, 0.3) is 0 Å². The quantitative estimate of drug-likeness (QED) is 0.894. The van der Waals surface area contributed by atoms with E-state index in [0.717, 1.165) is 57.6 Å². The molecule has 6 nitrogen and oxygen atoms in total. The van der Waals surface area contributed by atoms with Crippen LogP contribution in [0.1, 0.15) is 31.4 Å². The minimum absolute atomic E-state index is 0.0219. The predicted octanol–water partition coefficient (Wildman–Crippen LogP) is 1.87. The lowest BCUT2D eigenvalue weighted by molar-refractivity contribution is 0.0861. The minimum Gasteiger partial charge on any atom is -0.376 e. The highest BCUT2D eigenvalue weighted by atomic mass is 16.5. The summed E-state index contributed by atoms with van der Waals surface area (Å²) in [5.74, 6) is 0. The Morgan fingerprint density at radius 3 is 2.88 bits per heavy atom. The van der Waals surface area contributed by atoms with Crippen molar-refractivity contribution in [1.82, 2.24) is 20.1 Å². The first-order valence-electron chi connectivity index (χ1n) is 8.96. The van der Waals surface area contributed by atoms with Gasteiger partial charge in [-0.3, -0.25) is 9.88 Å². The average Bonchev–Trinajstić information content (AvgIpc) is 3.10. The zero-order valence-electron chi connectivity index (χ0n) is 14.5. The summed E-state index contributed by atoms with van der Waals surface area (Å²) in [5.41, 5.74) is 1.11. The SMILES string of the molecule is CN(C[C@H]1CCCO1)C(=O)NC1CCN(Cc2ccccn2)CC1. The minimum atomic E-state index is 0.0219. The number of hydrogen-bond donors (Lipinski definition) is 1. The predicted molar refractivity (Wildman–Crippen MR) is 92.7 cm³/mol. The van der Waals surface area contributed by atoms with Crippen LogP contribution in [0.5, 0.6) is 0 Å². The molecule has 0 aromatic carbocycles. The highest BCUT2D eigenvalue weighted by molar-refractivity contribution is 5.74. The van der Waals surface area contributed by atoms with Crippen LogP contribution in [0.25, 0.3) is 0 Å². The fourth-order valence-corrected chi connectivity index (χ4v) is 3.42. The number of urea groups is 1. The number of pyridine rings is 1. The van der Waals surface area contributed by atoms with Gasteiger partial charge < -0.3 is 15.0 Å². The maximum atomic E-state index is 12.3. The first-order valence-corrected chi connectivity index (χ1v) is 8.96. The van der Waals surface area contributed by atoms with Gasteiger partial charge in [-0.25, -0.2) is 4.79 Å². The Hall–Kier alpha value is -1.66. The number of nitrogens with zero attached hydrogens (tertiary/aromatic N) is 3. The van der Waals surface area contributed by atoms with Gasteiger partial charge in [-0.1, -0.05) is 6.07 Å². The molecule has 2 aliphatic heterocycles. The first kappa shape index (κ1) is 17.2. The van der Waals surface area contributed by atoms with Crippen molar-refractivity contribution < 1.29 is 9.53 Å². The van der Waals surface area contributed by atoms with Gasteiger partial charge in [0.2, 0.25) is 0 Å². The molecule has 0 aliphatic carbocycles. The van der Waals surface area contributed by atoms with E-state index in [1.54, 1.807) is 4.90 Å². The molecule has 2 fully saturated rings. The number of amides is 2. The van der Waals surface area contributed by atoms with Gasteiger partial charge >= 0.3 is 6.03 Å². The van der Waals surface area contributed by atoms with Crippen LogP contribution >= 0.6 is 0 Å². The van der Waals surface area contributed by atoms with Gasteiger partial charge in [0.05, 0.1) is 11.8 Å². The van der Waals surface area contributed by atoms with Crippen LogP contribution in [0.4, 0.5) is 4.79 Å². The smallest absolute Gasteiger partial charge is 0.317 e. The summed E-state index contributed by atoms with van der Waals surface area (Å²) < 4.78 is 5.60. The summed E-state index contributed by atoms with van der Waals surface area (Å²) in [4.78, 5) is 20.9. The van der Waals surface area contributed by atoms with Crippen molar-refractivity contribution in [1.29, 1.82) is 0 Å². The molecule has 1 aromatic heterocycles. The van der Waals surface area contributed by atoms with Crippen LogP contribution in [-0.4, -0.2) is 66.2 Å². The van der Waals surface area contributed by atoms with Crippen molar-refractivity contribution in [3.63, 3.8) is 0 Å². The highest BCUT2D eigenvalue weighted by Gasteiger charge is 2.24. The molecule has 0 bridgehead atoms. The normalized spacial score (nSPS) is 22.5. The van der Waals surface area contributed by atoms with E-state index in [-0.39, 0.29) is 18.2 Å². The van der Waals surface area contributed by atoms with Crippen molar-refractivity contribution >= 4 is 6.03 Å². The van der Waals surface area contributed by atoms with E-state index in [0.29, 0.717) is 6.54 Å². The second-order valence-electron chi connectivity index (χ2n) is 6.84. The fraction of sp³-hybridized carbons (Fsp3) is 0.667. The lowest BCUT2D eigenvalue weighted by atomic mass is 10.0. The number of likely N-dealkylation sites (tertiary alicyclic amines) is 1. The molecule has 6 heteroatoms. The number of likely N-dealkylation sites (N-methyl/N-ethyl adjacent to an activating group) is 1. The lowest BCUT2D eigenvalue weighted by Crippen LogP contribution is -2.49. The number of rotatable bonds is 5. The number of ether oxygens (including phenoxy) is 1. The molecule has 2 amide bonds. The van der Waals surface area contributed by atoms with E-state index in [2.05, 4.69) is 21.3 Å². The Kier molecular flexibility index (Phi) is 6.04. The topological polar surface area (TPSA) is 57.7 Å². The maximum Gasteiger partial charge on any atom is 0.317 e. The lowest BCUT2D eigenvalue weighted by Gasteiger charge is -2.33. The average molecular weight is 332 g/mol. The maximum absolute atomic E-state index is 12.3. The number of piperidine rings is 1. The monoisotopic (exact) mass is 332 g/mol. The zero-order valence-corrected chi connectivity index (χ0v) is 14.5. The molecule has 24 heavy (non-hydrogen) atoms. The Labute approximate surface area is 144 Å². The number of aromatic nitrogens is 1. The van der Waals surface area contributed by atoms with Crippen molar-refractivity contribution in [2.24, 2.45) is 0 Å². The summed E-state index contributed by atoms with van der Waals surface area (Å²) >= 11 is 0. The number of hydrogen-bond acceptors (Lipinski definition) is 4. The summed E-state index contributed by atoms with van der Waals surface area (Å²) in [7, 11) is 1.85. The third kappa shape index (κ3) is 4.92. The largest absolute Gasteiger partial charge is 0.376 e. The molecule has 0 spiro atoms. The molecule has 1 aromatic rings. The Balaban J connectivity index is 1.37. The standard InChI is InChI=1S/C18H28N4O2/c1-21(14-17-6-4-12-24-17)18(23)20-15-7-10-22(11-8-15)13-16-5-2-3-9-19-16/h2-3,5,9,15,17H,4,6-8,10-14H2,1H3,(H,20,23)/t17-/m1/s1. The molecule has 0 unspecified atom stereocenters. The molecule has 3 rings (SSSR count). The molecular formula is C18H28N4O2. The second kappa shape index (κ2) is 8.44. The number of carbonyl (C=O) groups excluding carboxylic acids is 1. The van der Waals surface area contributed by atoms with Crippen molar-refractivity contribution in [2.45, 2.75) is 44.4 Å². The summed E-state index contributed by atoms with van der Waals surface area (Å²) in [5, 5.41) is 3.17. The van der Waals surface area contributed by atoms with Crippen molar-refractivity contribution in [3.05, 3.63) is 30.1 Å². The third-order valence-corrected chi connectivity index (χ3v) is 4.88. The van der Waals surface area contributed by atoms with E-state index < -0.39 is 0 Å². The van der Waals surface area contributed by atoms with E-state index in [1.165, 1.54) is 0 Å². The molecule has 132 valence electrons. The molecule has 2 saturated heterocycles. The second-order valence-corrected chi connectivity index (χ2v) is 6.84. The van der Waals surface area contributed by atoms with Crippen LogP contribution < -0.4 is 5.32 Å². The van der Waals surface area contributed by atoms with Gasteiger partial charge in [0.15, 0.2) is 0 Å². The van der Waals surface area contributed by atoms with E-state index in [9.17, 15) is 4.79 Å². The number of carbonyl (C=O) groups is 1.